The zero-order valence-corrected chi connectivity index (χ0v) is 12.7. The van der Waals surface area contributed by atoms with Gasteiger partial charge in [-0.05, 0) is 19.1 Å². The van der Waals surface area contributed by atoms with Gasteiger partial charge < -0.3 is 9.80 Å². The predicted molar refractivity (Wildman–Crippen MR) is 82.7 cm³/mol. The Morgan fingerprint density at radius 3 is 2.60 bits per heavy atom. The molecular formula is C14H19N5S. The average Bonchev–Trinajstić information content (AvgIpc) is 2.96. The Balaban J connectivity index is 1.64. The topological polar surface area (TPSA) is 45.2 Å². The first-order valence-corrected chi connectivity index (χ1v) is 7.78. The summed E-state index contributed by atoms with van der Waals surface area (Å²) >= 11 is 1.52. The van der Waals surface area contributed by atoms with E-state index in [4.69, 9.17) is 0 Å². The predicted octanol–water partition coefficient (Wildman–Crippen LogP) is 2.13. The number of hydrogen-bond donors (Lipinski definition) is 0. The molecule has 0 saturated carbocycles. The molecule has 3 heterocycles. The van der Waals surface area contributed by atoms with Crippen LogP contribution in [-0.4, -0.2) is 40.5 Å². The number of aryl methyl sites for hydroxylation is 2. The van der Waals surface area contributed by atoms with Gasteiger partial charge in [-0.1, -0.05) is 6.92 Å². The molecule has 0 unspecified atom stereocenters. The van der Waals surface area contributed by atoms with Crippen molar-refractivity contribution in [1.29, 1.82) is 0 Å². The summed E-state index contributed by atoms with van der Waals surface area (Å²) in [6.07, 6.45) is 2.79. The lowest BCUT2D eigenvalue weighted by Crippen LogP contribution is -2.46. The fourth-order valence-electron chi connectivity index (χ4n) is 2.40. The van der Waals surface area contributed by atoms with E-state index in [0.29, 0.717) is 0 Å². The normalized spacial score (nSPS) is 15.7. The van der Waals surface area contributed by atoms with E-state index in [0.717, 1.165) is 49.2 Å². The summed E-state index contributed by atoms with van der Waals surface area (Å²) in [5.74, 6) is 0.956. The molecule has 5 nitrogen and oxygen atoms in total. The number of rotatable bonds is 3. The summed E-state index contributed by atoms with van der Waals surface area (Å²) < 4.78 is 4.37. The van der Waals surface area contributed by atoms with Gasteiger partial charge in [0.2, 0.25) is 5.13 Å². The van der Waals surface area contributed by atoms with Crippen molar-refractivity contribution in [3.63, 3.8) is 0 Å². The molecule has 6 heteroatoms. The van der Waals surface area contributed by atoms with E-state index in [1.165, 1.54) is 17.2 Å². The summed E-state index contributed by atoms with van der Waals surface area (Å²) in [4.78, 5) is 13.6. The molecule has 106 valence electrons. The molecule has 0 aromatic carbocycles. The fraction of sp³-hybridized carbons (Fsp3) is 0.500. The van der Waals surface area contributed by atoms with E-state index in [1.54, 1.807) is 0 Å². The van der Waals surface area contributed by atoms with Crippen LogP contribution >= 0.6 is 11.5 Å². The Labute approximate surface area is 123 Å². The smallest absolute Gasteiger partial charge is 0.205 e. The minimum absolute atomic E-state index is 0.909. The first-order chi connectivity index (χ1) is 9.76. The number of pyridine rings is 1. The molecule has 0 spiro atoms. The van der Waals surface area contributed by atoms with Crippen LogP contribution in [0.5, 0.6) is 0 Å². The molecule has 0 N–H and O–H groups in total. The summed E-state index contributed by atoms with van der Waals surface area (Å²) in [5, 5.41) is 1.06. The maximum absolute atomic E-state index is 4.57. The second kappa shape index (κ2) is 5.75. The molecular weight excluding hydrogens is 270 g/mol. The molecule has 20 heavy (non-hydrogen) atoms. The van der Waals surface area contributed by atoms with Crippen LogP contribution in [0.4, 0.5) is 10.8 Å². The number of nitrogens with zero attached hydrogens (tertiary/aromatic N) is 5. The van der Waals surface area contributed by atoms with E-state index in [9.17, 15) is 0 Å². The highest BCUT2D eigenvalue weighted by Crippen LogP contribution is 2.22. The van der Waals surface area contributed by atoms with Gasteiger partial charge in [0.25, 0.3) is 0 Å². The monoisotopic (exact) mass is 289 g/mol. The fourth-order valence-corrected chi connectivity index (χ4v) is 3.20. The lowest BCUT2D eigenvalue weighted by molar-refractivity contribution is 0.650. The standard InChI is InChI=1S/C14H19N5S/c1-3-13-16-14(20-17-13)19-8-6-18(7-9-19)12-4-5-15-11(2)10-12/h4-5,10H,3,6-9H2,1-2H3. The van der Waals surface area contributed by atoms with E-state index >= 15 is 0 Å². The molecule has 1 saturated heterocycles. The van der Waals surface area contributed by atoms with Crippen molar-refractivity contribution < 1.29 is 0 Å². The molecule has 1 fully saturated rings. The van der Waals surface area contributed by atoms with Crippen molar-refractivity contribution in [2.75, 3.05) is 36.0 Å². The Morgan fingerprint density at radius 1 is 1.20 bits per heavy atom. The minimum Gasteiger partial charge on any atom is -0.368 e. The van der Waals surface area contributed by atoms with Gasteiger partial charge in [0.15, 0.2) is 0 Å². The van der Waals surface area contributed by atoms with E-state index < -0.39 is 0 Å². The molecule has 3 rings (SSSR count). The van der Waals surface area contributed by atoms with Crippen LogP contribution in [0, 0.1) is 6.92 Å². The first-order valence-electron chi connectivity index (χ1n) is 7.01. The van der Waals surface area contributed by atoms with Gasteiger partial charge in [-0.3, -0.25) is 4.98 Å². The van der Waals surface area contributed by atoms with Gasteiger partial charge in [-0.2, -0.15) is 4.37 Å². The first kappa shape index (κ1) is 13.3. The molecule has 0 amide bonds. The van der Waals surface area contributed by atoms with Crippen LogP contribution in [0.1, 0.15) is 18.4 Å². The SMILES string of the molecule is CCc1nsc(N2CCN(c3ccnc(C)c3)CC2)n1. The van der Waals surface area contributed by atoms with Crippen LogP contribution in [0.2, 0.25) is 0 Å². The zero-order chi connectivity index (χ0) is 13.9. The summed E-state index contributed by atoms with van der Waals surface area (Å²) in [5.41, 5.74) is 2.34. The van der Waals surface area contributed by atoms with Crippen LogP contribution < -0.4 is 9.80 Å². The van der Waals surface area contributed by atoms with Crippen molar-refractivity contribution in [3.8, 4) is 0 Å². The van der Waals surface area contributed by atoms with Crippen LogP contribution in [-0.2, 0) is 6.42 Å². The minimum atomic E-state index is 0.909. The van der Waals surface area contributed by atoms with Crippen molar-refractivity contribution in [3.05, 3.63) is 29.8 Å². The molecule has 1 aliphatic heterocycles. The lowest BCUT2D eigenvalue weighted by Gasteiger charge is -2.35. The average molecular weight is 289 g/mol. The molecule has 0 radical (unpaired) electrons. The number of anilines is 2. The summed E-state index contributed by atoms with van der Waals surface area (Å²) in [6, 6.07) is 4.23. The van der Waals surface area contributed by atoms with Gasteiger partial charge in [0, 0.05) is 61.7 Å². The van der Waals surface area contributed by atoms with Gasteiger partial charge >= 0.3 is 0 Å². The van der Waals surface area contributed by atoms with E-state index in [1.807, 2.05) is 13.1 Å². The Morgan fingerprint density at radius 2 is 1.95 bits per heavy atom. The quantitative estimate of drug-likeness (QED) is 0.866. The highest BCUT2D eigenvalue weighted by Gasteiger charge is 2.20. The third-order valence-electron chi connectivity index (χ3n) is 3.57. The third-order valence-corrected chi connectivity index (χ3v) is 4.38. The van der Waals surface area contributed by atoms with Gasteiger partial charge in [-0.25, -0.2) is 4.98 Å². The largest absolute Gasteiger partial charge is 0.368 e. The zero-order valence-electron chi connectivity index (χ0n) is 11.9. The Bertz CT molecular complexity index is 574. The van der Waals surface area contributed by atoms with Crippen molar-refractivity contribution >= 4 is 22.4 Å². The van der Waals surface area contributed by atoms with E-state index in [2.05, 4.69) is 43.2 Å². The lowest BCUT2D eigenvalue weighted by atomic mass is 10.2. The molecule has 1 aliphatic rings. The molecule has 0 aliphatic carbocycles. The van der Waals surface area contributed by atoms with Crippen LogP contribution in [0.3, 0.4) is 0 Å². The number of piperazine rings is 1. The van der Waals surface area contributed by atoms with Crippen LogP contribution in [0.15, 0.2) is 18.3 Å². The Hall–Kier alpha value is -1.69. The van der Waals surface area contributed by atoms with Crippen molar-refractivity contribution in [2.45, 2.75) is 20.3 Å². The van der Waals surface area contributed by atoms with Crippen molar-refractivity contribution in [2.24, 2.45) is 0 Å². The van der Waals surface area contributed by atoms with Crippen molar-refractivity contribution in [1.82, 2.24) is 14.3 Å². The second-order valence-corrected chi connectivity index (χ2v) is 5.71. The third kappa shape index (κ3) is 2.75. The second-order valence-electron chi connectivity index (χ2n) is 4.98. The highest BCUT2D eigenvalue weighted by atomic mass is 32.1. The molecule has 0 atom stereocenters. The van der Waals surface area contributed by atoms with Gasteiger partial charge in [0.1, 0.15) is 5.82 Å². The van der Waals surface area contributed by atoms with Gasteiger partial charge in [-0.15, -0.1) is 0 Å². The van der Waals surface area contributed by atoms with Crippen LogP contribution in [0.25, 0.3) is 0 Å². The highest BCUT2D eigenvalue weighted by molar-refractivity contribution is 7.09. The maximum atomic E-state index is 4.57. The summed E-state index contributed by atoms with van der Waals surface area (Å²) in [7, 11) is 0. The van der Waals surface area contributed by atoms with E-state index in [-0.39, 0.29) is 0 Å². The molecule has 2 aromatic rings. The molecule has 2 aromatic heterocycles. The van der Waals surface area contributed by atoms with Gasteiger partial charge in [0.05, 0.1) is 0 Å². The summed E-state index contributed by atoms with van der Waals surface area (Å²) in [6.45, 7) is 8.16. The number of hydrogen-bond acceptors (Lipinski definition) is 6. The molecule has 0 bridgehead atoms. The Kier molecular flexibility index (Phi) is 3.82. The number of aromatic nitrogens is 3. The maximum Gasteiger partial charge on any atom is 0.205 e.